The second-order valence-corrected chi connectivity index (χ2v) is 6.14. The van der Waals surface area contributed by atoms with E-state index in [1.807, 2.05) is 26.8 Å². The third-order valence-corrected chi connectivity index (χ3v) is 3.82. The number of aryl methyl sites for hydroxylation is 1. The van der Waals surface area contributed by atoms with Crippen LogP contribution in [0.25, 0.3) is 0 Å². The van der Waals surface area contributed by atoms with E-state index in [1.165, 1.54) is 11.1 Å². The molecule has 136 valence electrons. The lowest BCUT2D eigenvalue weighted by atomic mass is 9.92. The van der Waals surface area contributed by atoms with E-state index in [0.717, 1.165) is 6.42 Å². The monoisotopic (exact) mass is 446 g/mol. The maximum absolute atomic E-state index is 12.0. The molecule has 1 aromatic rings. The molecular weight excluding hydrogens is 415 g/mol. The molecule has 3 N–H and O–H groups in total. The summed E-state index contributed by atoms with van der Waals surface area (Å²) in [5.41, 5.74) is 2.11. The van der Waals surface area contributed by atoms with E-state index in [4.69, 9.17) is 0 Å². The predicted octanol–water partition coefficient (Wildman–Crippen LogP) is 2.69. The first-order chi connectivity index (χ1) is 10.9. The predicted molar refractivity (Wildman–Crippen MR) is 112 cm³/mol. The SMILES string of the molecule is CCNC(=O)C(C)(C)CNC(=NC)NCc1ccccc1CC.I. The van der Waals surface area contributed by atoms with Crippen molar-refractivity contribution in [3.8, 4) is 0 Å². The molecule has 0 unspecified atom stereocenters. The Kier molecular flexibility index (Phi) is 10.7. The summed E-state index contributed by atoms with van der Waals surface area (Å²) in [7, 11) is 1.74. The van der Waals surface area contributed by atoms with E-state index >= 15 is 0 Å². The largest absolute Gasteiger partial charge is 0.356 e. The number of amides is 1. The molecule has 6 heteroatoms. The van der Waals surface area contributed by atoms with Gasteiger partial charge in [0, 0.05) is 26.7 Å². The van der Waals surface area contributed by atoms with Crippen LogP contribution in [0.1, 0.15) is 38.8 Å². The quantitative estimate of drug-likeness (QED) is 0.343. The fraction of sp³-hybridized carbons (Fsp3) is 0.556. The van der Waals surface area contributed by atoms with Gasteiger partial charge in [-0.15, -0.1) is 24.0 Å². The lowest BCUT2D eigenvalue weighted by Gasteiger charge is -2.25. The molecule has 1 aromatic carbocycles. The Morgan fingerprint density at radius 1 is 1.08 bits per heavy atom. The van der Waals surface area contributed by atoms with Gasteiger partial charge < -0.3 is 16.0 Å². The number of halogens is 1. The molecule has 0 aromatic heterocycles. The first-order valence-electron chi connectivity index (χ1n) is 8.24. The van der Waals surface area contributed by atoms with Crippen molar-refractivity contribution in [1.29, 1.82) is 0 Å². The molecule has 0 saturated heterocycles. The summed E-state index contributed by atoms with van der Waals surface area (Å²) in [6.45, 7) is 9.80. The maximum atomic E-state index is 12.0. The molecule has 0 aliphatic rings. The third-order valence-electron chi connectivity index (χ3n) is 3.82. The van der Waals surface area contributed by atoms with Crippen LogP contribution in [0.15, 0.2) is 29.3 Å². The van der Waals surface area contributed by atoms with Gasteiger partial charge in [-0.1, -0.05) is 31.2 Å². The Morgan fingerprint density at radius 3 is 2.25 bits per heavy atom. The molecular formula is C18H31IN4O. The summed E-state index contributed by atoms with van der Waals surface area (Å²) in [5, 5.41) is 9.41. The van der Waals surface area contributed by atoms with Crippen molar-refractivity contribution < 1.29 is 4.79 Å². The molecule has 0 atom stereocenters. The number of hydrogen-bond acceptors (Lipinski definition) is 2. The van der Waals surface area contributed by atoms with E-state index in [1.54, 1.807) is 7.05 Å². The lowest BCUT2D eigenvalue weighted by molar-refractivity contribution is -0.128. The Bertz CT molecular complexity index is 544. The zero-order valence-electron chi connectivity index (χ0n) is 15.4. The number of hydrogen-bond donors (Lipinski definition) is 3. The van der Waals surface area contributed by atoms with Gasteiger partial charge in [0.15, 0.2) is 5.96 Å². The van der Waals surface area contributed by atoms with Crippen LogP contribution in [0.3, 0.4) is 0 Å². The van der Waals surface area contributed by atoms with Crippen molar-refractivity contribution >= 4 is 35.8 Å². The third kappa shape index (κ3) is 7.07. The number of guanidine groups is 1. The van der Waals surface area contributed by atoms with Crippen LogP contribution in [0, 0.1) is 5.41 Å². The number of nitrogens with zero attached hydrogens (tertiary/aromatic N) is 1. The standard InChI is InChI=1S/C18H30N4O.HI/c1-6-14-10-8-9-11-15(14)12-21-17(19-5)22-13-18(3,4)16(23)20-7-2;/h8-11H,6-7,12-13H2,1-5H3,(H,20,23)(H2,19,21,22);1H. The van der Waals surface area contributed by atoms with Gasteiger partial charge >= 0.3 is 0 Å². The summed E-state index contributed by atoms with van der Waals surface area (Å²) in [6, 6.07) is 8.37. The minimum absolute atomic E-state index is 0. The molecule has 0 aliphatic heterocycles. The average molecular weight is 446 g/mol. The molecule has 0 saturated carbocycles. The Morgan fingerprint density at radius 2 is 1.71 bits per heavy atom. The molecule has 0 fully saturated rings. The second kappa shape index (κ2) is 11.3. The second-order valence-electron chi connectivity index (χ2n) is 6.14. The summed E-state index contributed by atoms with van der Waals surface area (Å²) in [5.74, 6) is 0.743. The van der Waals surface area contributed by atoms with Gasteiger partial charge in [-0.2, -0.15) is 0 Å². The van der Waals surface area contributed by atoms with Gasteiger partial charge in [-0.3, -0.25) is 9.79 Å². The molecule has 5 nitrogen and oxygen atoms in total. The number of carbonyl (C=O) groups excluding carboxylic acids is 1. The molecule has 0 spiro atoms. The van der Waals surface area contributed by atoms with Crippen LogP contribution in [-0.4, -0.2) is 32.0 Å². The molecule has 0 radical (unpaired) electrons. The molecule has 0 bridgehead atoms. The zero-order valence-corrected chi connectivity index (χ0v) is 17.7. The number of carbonyl (C=O) groups is 1. The Labute approximate surface area is 163 Å². The van der Waals surface area contributed by atoms with Crippen molar-refractivity contribution in [3.05, 3.63) is 35.4 Å². The van der Waals surface area contributed by atoms with Gasteiger partial charge in [0.05, 0.1) is 5.41 Å². The van der Waals surface area contributed by atoms with E-state index in [-0.39, 0.29) is 29.9 Å². The number of rotatable bonds is 7. The zero-order chi connectivity index (χ0) is 17.3. The van der Waals surface area contributed by atoms with E-state index in [2.05, 4.69) is 46.1 Å². The van der Waals surface area contributed by atoms with Crippen molar-refractivity contribution in [3.63, 3.8) is 0 Å². The fourth-order valence-corrected chi connectivity index (χ4v) is 2.26. The first-order valence-corrected chi connectivity index (χ1v) is 8.24. The van der Waals surface area contributed by atoms with Crippen LogP contribution in [0.4, 0.5) is 0 Å². The minimum Gasteiger partial charge on any atom is -0.356 e. The van der Waals surface area contributed by atoms with Crippen molar-refractivity contribution in [1.82, 2.24) is 16.0 Å². The highest BCUT2D eigenvalue weighted by atomic mass is 127. The first kappa shape index (κ1) is 22.7. The van der Waals surface area contributed by atoms with Crippen molar-refractivity contribution in [2.75, 3.05) is 20.1 Å². The van der Waals surface area contributed by atoms with E-state index in [9.17, 15) is 4.79 Å². The van der Waals surface area contributed by atoms with Gasteiger partial charge in [-0.05, 0) is 38.3 Å². The highest BCUT2D eigenvalue weighted by molar-refractivity contribution is 14.0. The molecule has 1 amide bonds. The molecule has 0 heterocycles. The molecule has 1 rings (SSSR count). The van der Waals surface area contributed by atoms with Crippen LogP contribution < -0.4 is 16.0 Å². The summed E-state index contributed by atoms with van der Waals surface area (Å²) in [6.07, 6.45) is 1.01. The maximum Gasteiger partial charge on any atom is 0.227 e. The topological polar surface area (TPSA) is 65.5 Å². The van der Waals surface area contributed by atoms with Gasteiger partial charge in [-0.25, -0.2) is 0 Å². The van der Waals surface area contributed by atoms with Gasteiger partial charge in [0.1, 0.15) is 0 Å². The smallest absolute Gasteiger partial charge is 0.227 e. The number of benzene rings is 1. The van der Waals surface area contributed by atoms with Crippen LogP contribution in [0.2, 0.25) is 0 Å². The highest BCUT2D eigenvalue weighted by Gasteiger charge is 2.27. The normalized spacial score (nSPS) is 11.5. The van der Waals surface area contributed by atoms with Gasteiger partial charge in [0.25, 0.3) is 0 Å². The van der Waals surface area contributed by atoms with Crippen LogP contribution in [-0.2, 0) is 17.8 Å². The van der Waals surface area contributed by atoms with E-state index < -0.39 is 5.41 Å². The molecule has 24 heavy (non-hydrogen) atoms. The minimum atomic E-state index is -0.491. The Balaban J connectivity index is 0.00000529. The fourth-order valence-electron chi connectivity index (χ4n) is 2.26. The van der Waals surface area contributed by atoms with Crippen LogP contribution in [0.5, 0.6) is 0 Å². The average Bonchev–Trinajstić information content (AvgIpc) is 2.55. The number of aliphatic imine (C=N–C) groups is 1. The summed E-state index contributed by atoms with van der Waals surface area (Å²) in [4.78, 5) is 16.2. The van der Waals surface area contributed by atoms with E-state index in [0.29, 0.717) is 25.6 Å². The van der Waals surface area contributed by atoms with Crippen molar-refractivity contribution in [2.45, 2.75) is 40.7 Å². The highest BCUT2D eigenvalue weighted by Crippen LogP contribution is 2.13. The Hall–Kier alpha value is -1.31. The summed E-state index contributed by atoms with van der Waals surface area (Å²) >= 11 is 0. The van der Waals surface area contributed by atoms with Crippen LogP contribution >= 0.6 is 24.0 Å². The lowest BCUT2D eigenvalue weighted by Crippen LogP contribution is -2.47. The molecule has 0 aliphatic carbocycles. The van der Waals surface area contributed by atoms with Gasteiger partial charge in [0.2, 0.25) is 5.91 Å². The summed E-state index contributed by atoms with van der Waals surface area (Å²) < 4.78 is 0. The number of nitrogens with one attached hydrogen (secondary N) is 3. The van der Waals surface area contributed by atoms with Crippen molar-refractivity contribution in [2.24, 2.45) is 10.4 Å².